The lowest BCUT2D eigenvalue weighted by atomic mass is 10.1. The van der Waals surface area contributed by atoms with Crippen molar-refractivity contribution >= 4 is 9.12 Å². The van der Waals surface area contributed by atoms with Gasteiger partial charge in [-0.15, -0.1) is 0 Å². The molecule has 0 aliphatic rings. The average Bonchev–Trinajstić information content (AvgIpc) is 1.96. The second-order valence-electron chi connectivity index (χ2n) is 4.10. The van der Waals surface area contributed by atoms with Crippen molar-refractivity contribution < 1.29 is 0 Å². The van der Waals surface area contributed by atoms with E-state index in [1.165, 1.54) is 6.04 Å². The van der Waals surface area contributed by atoms with Crippen LogP contribution in [0.1, 0.15) is 20.8 Å². The van der Waals surface area contributed by atoms with E-state index in [9.17, 15) is 0 Å². The van der Waals surface area contributed by atoms with Gasteiger partial charge in [-0.3, -0.25) is 0 Å². The third kappa shape index (κ3) is 6.79. The topological polar surface area (TPSA) is 36.1 Å². The average molecular weight is 189 g/mol. The monoisotopic (exact) mass is 189 g/mol. The van der Waals surface area contributed by atoms with Crippen LogP contribution in [0.2, 0.25) is 6.04 Å². The molecule has 0 aliphatic carbocycles. The van der Waals surface area contributed by atoms with Gasteiger partial charge in [0.2, 0.25) is 0 Å². The van der Waals surface area contributed by atoms with Crippen LogP contribution in [0.25, 0.3) is 0 Å². The highest BCUT2D eigenvalue weighted by Gasteiger charge is 2.10. The molecule has 0 bridgehead atoms. The summed E-state index contributed by atoms with van der Waals surface area (Å²) >= 11 is 0. The Hall–Kier alpha value is 0.0969. The molecule has 0 heterocycles. The van der Waals surface area contributed by atoms with Gasteiger partial charge in [-0.25, -0.2) is 0 Å². The van der Waals surface area contributed by atoms with Crippen LogP contribution in [-0.2, 0) is 0 Å². The first-order chi connectivity index (χ1) is 5.49. The van der Waals surface area contributed by atoms with Gasteiger partial charge in [0.15, 0.2) is 9.12 Å². The summed E-state index contributed by atoms with van der Waals surface area (Å²) in [5.41, 5.74) is 0.250. The number of rotatable bonds is 5. The molecule has 0 aromatic heterocycles. The summed E-state index contributed by atoms with van der Waals surface area (Å²) in [4.78, 5) is 6.65. The first-order valence-corrected chi connectivity index (χ1v) is 6.56. The van der Waals surface area contributed by atoms with Crippen molar-refractivity contribution in [3.63, 3.8) is 0 Å². The quantitative estimate of drug-likeness (QED) is 0.534. The van der Waals surface area contributed by atoms with Crippen LogP contribution in [0.5, 0.6) is 0 Å². The van der Waals surface area contributed by atoms with E-state index in [0.29, 0.717) is 0 Å². The molecule has 0 fully saturated rings. The summed E-state index contributed by atoms with van der Waals surface area (Å²) in [6.45, 7) is 7.69. The summed E-state index contributed by atoms with van der Waals surface area (Å²) in [5, 5.41) is 3.48. The third-order valence-corrected chi connectivity index (χ3v) is 4.05. The maximum absolute atomic E-state index is 3.48. The fourth-order valence-electron chi connectivity index (χ4n) is 1.02. The zero-order valence-electron chi connectivity index (χ0n) is 8.99. The Kier molecular flexibility index (Phi) is 5.74. The second kappa shape index (κ2) is 5.69. The Morgan fingerprint density at radius 3 is 1.92 bits per heavy atom. The maximum Gasteiger partial charge on any atom is 0.185 e. The Balaban J connectivity index is 3.41. The van der Waals surface area contributed by atoms with Crippen LogP contribution >= 0.6 is 0 Å². The van der Waals surface area contributed by atoms with Gasteiger partial charge in [-0.05, 0) is 47.5 Å². The van der Waals surface area contributed by atoms with E-state index < -0.39 is 9.12 Å². The smallest absolute Gasteiger partial charge is 0.185 e. The zero-order chi connectivity index (χ0) is 9.61. The molecule has 12 heavy (non-hydrogen) atoms. The van der Waals surface area contributed by atoms with Crippen LogP contribution in [0.4, 0.5) is 0 Å². The third-order valence-electron chi connectivity index (χ3n) is 1.79. The molecule has 3 N–H and O–H groups in total. The zero-order valence-corrected chi connectivity index (χ0v) is 10.1. The van der Waals surface area contributed by atoms with E-state index in [2.05, 4.69) is 36.1 Å². The highest BCUT2D eigenvalue weighted by molar-refractivity contribution is 6.53. The standard InChI is InChI=1S/C8H23N3Si/c1-8(2,3)11-6-7-12(9-4)10-5/h9-12H,6-7H2,1-5H3. The van der Waals surface area contributed by atoms with Crippen LogP contribution < -0.4 is 15.3 Å². The molecule has 0 atom stereocenters. The molecule has 3 nitrogen and oxygen atoms in total. The van der Waals surface area contributed by atoms with Crippen molar-refractivity contribution in [2.24, 2.45) is 0 Å². The first-order valence-electron chi connectivity index (χ1n) is 4.59. The van der Waals surface area contributed by atoms with E-state index >= 15 is 0 Å². The predicted octanol–water partition coefficient (Wildman–Crippen LogP) is 0.0338. The van der Waals surface area contributed by atoms with Gasteiger partial charge in [0.1, 0.15) is 0 Å². The van der Waals surface area contributed by atoms with Crippen LogP contribution in [-0.4, -0.2) is 35.3 Å². The summed E-state index contributed by atoms with van der Waals surface area (Å²) in [7, 11) is 3.22. The van der Waals surface area contributed by atoms with E-state index in [1.807, 2.05) is 14.1 Å². The minimum atomic E-state index is -0.844. The highest BCUT2D eigenvalue weighted by atomic mass is 28.3. The number of nitrogens with one attached hydrogen (secondary N) is 3. The minimum absolute atomic E-state index is 0.250. The van der Waals surface area contributed by atoms with Crippen molar-refractivity contribution in [3.8, 4) is 0 Å². The second-order valence-corrected chi connectivity index (χ2v) is 6.93. The van der Waals surface area contributed by atoms with Crippen molar-refractivity contribution in [1.29, 1.82) is 0 Å². The molecule has 0 radical (unpaired) electrons. The van der Waals surface area contributed by atoms with Gasteiger partial charge in [-0.2, -0.15) is 0 Å². The summed E-state index contributed by atoms with van der Waals surface area (Å²) in [5.74, 6) is 0. The molecule has 0 spiro atoms. The predicted molar refractivity (Wildman–Crippen MR) is 57.8 cm³/mol. The Labute approximate surface area is 78.1 Å². The number of hydrogen-bond donors (Lipinski definition) is 3. The lowest BCUT2D eigenvalue weighted by molar-refractivity contribution is 0.438. The highest BCUT2D eigenvalue weighted by Crippen LogP contribution is 1.98. The largest absolute Gasteiger partial charge is 0.331 e. The van der Waals surface area contributed by atoms with E-state index in [0.717, 1.165) is 6.54 Å². The first kappa shape index (κ1) is 12.1. The van der Waals surface area contributed by atoms with E-state index in [-0.39, 0.29) is 5.54 Å². The Morgan fingerprint density at radius 2 is 1.58 bits per heavy atom. The summed E-state index contributed by atoms with van der Waals surface area (Å²) in [6, 6.07) is 1.24. The SMILES string of the molecule is CN[SiH](CCNC(C)(C)C)NC. The summed E-state index contributed by atoms with van der Waals surface area (Å²) in [6.07, 6.45) is 0. The van der Waals surface area contributed by atoms with E-state index in [4.69, 9.17) is 0 Å². The van der Waals surface area contributed by atoms with Crippen LogP contribution in [0.15, 0.2) is 0 Å². The molecule has 74 valence electrons. The van der Waals surface area contributed by atoms with Gasteiger partial charge in [0, 0.05) is 5.54 Å². The number of hydrogen-bond acceptors (Lipinski definition) is 3. The molecule has 0 saturated carbocycles. The molecular formula is C8H23N3Si. The molecule has 4 heteroatoms. The van der Waals surface area contributed by atoms with E-state index in [1.54, 1.807) is 0 Å². The molecule has 0 aromatic rings. The lowest BCUT2D eigenvalue weighted by Gasteiger charge is -2.22. The van der Waals surface area contributed by atoms with Gasteiger partial charge < -0.3 is 15.3 Å². The van der Waals surface area contributed by atoms with Gasteiger partial charge in [0.25, 0.3) is 0 Å². The Bertz CT molecular complexity index is 107. The van der Waals surface area contributed by atoms with Crippen LogP contribution in [0, 0.1) is 0 Å². The van der Waals surface area contributed by atoms with Gasteiger partial charge >= 0.3 is 0 Å². The molecule has 0 saturated heterocycles. The maximum atomic E-state index is 3.48. The van der Waals surface area contributed by atoms with Crippen molar-refractivity contribution in [1.82, 2.24) is 15.3 Å². The van der Waals surface area contributed by atoms with Crippen molar-refractivity contribution in [3.05, 3.63) is 0 Å². The molecular weight excluding hydrogens is 166 g/mol. The summed E-state index contributed by atoms with van der Waals surface area (Å²) < 4.78 is 0. The molecule has 0 amide bonds. The van der Waals surface area contributed by atoms with Crippen LogP contribution in [0.3, 0.4) is 0 Å². The fraction of sp³-hybridized carbons (Fsp3) is 1.00. The van der Waals surface area contributed by atoms with Crippen molar-refractivity contribution in [2.75, 3.05) is 20.6 Å². The lowest BCUT2D eigenvalue weighted by Crippen LogP contribution is -2.47. The molecule has 0 aliphatic heterocycles. The minimum Gasteiger partial charge on any atom is -0.331 e. The van der Waals surface area contributed by atoms with Gasteiger partial charge in [0.05, 0.1) is 0 Å². The molecule has 0 aromatic carbocycles. The molecule has 0 rings (SSSR count). The Morgan fingerprint density at radius 1 is 1.08 bits per heavy atom. The normalized spacial score (nSPS) is 12.5. The fourth-order valence-corrected chi connectivity index (χ4v) is 2.32. The van der Waals surface area contributed by atoms with Crippen molar-refractivity contribution in [2.45, 2.75) is 32.4 Å². The molecule has 0 unspecified atom stereocenters. The van der Waals surface area contributed by atoms with Gasteiger partial charge in [-0.1, -0.05) is 0 Å².